The minimum atomic E-state index is -0.627. The van der Waals surface area contributed by atoms with Crippen LogP contribution < -0.4 is 11.2 Å². The zero-order valence-corrected chi connectivity index (χ0v) is 13.9. The van der Waals surface area contributed by atoms with Gasteiger partial charge in [0.1, 0.15) is 5.82 Å². The van der Waals surface area contributed by atoms with Crippen molar-refractivity contribution < 1.29 is 9.50 Å². The van der Waals surface area contributed by atoms with E-state index in [1.54, 1.807) is 6.07 Å². The molecule has 26 heavy (non-hydrogen) atoms. The molecule has 0 saturated carbocycles. The van der Waals surface area contributed by atoms with Gasteiger partial charge in [-0.05, 0) is 48.9 Å². The number of aromatic amines is 2. The second kappa shape index (κ2) is 6.29. The number of aromatic nitrogens is 4. The fourth-order valence-corrected chi connectivity index (χ4v) is 3.50. The summed E-state index contributed by atoms with van der Waals surface area (Å²) in [6, 6.07) is 4.36. The van der Waals surface area contributed by atoms with Crippen molar-refractivity contribution >= 4 is 0 Å². The van der Waals surface area contributed by atoms with Crippen molar-refractivity contribution in [3.8, 4) is 11.6 Å². The first-order chi connectivity index (χ1) is 12.5. The van der Waals surface area contributed by atoms with Crippen LogP contribution in [0.2, 0.25) is 0 Å². The average Bonchev–Trinajstić information content (AvgIpc) is 2.98. The molecule has 1 aliphatic carbocycles. The van der Waals surface area contributed by atoms with Crippen molar-refractivity contribution in [2.45, 2.75) is 32.1 Å². The highest BCUT2D eigenvalue weighted by atomic mass is 19.1. The van der Waals surface area contributed by atoms with E-state index in [1.165, 1.54) is 12.1 Å². The maximum Gasteiger partial charge on any atom is 0.333 e. The molecular formula is C18H17FN4O3. The van der Waals surface area contributed by atoms with Crippen LogP contribution in [0.25, 0.3) is 5.69 Å². The average molecular weight is 356 g/mol. The molecule has 134 valence electrons. The largest absolute Gasteiger partial charge is 0.493 e. The molecule has 4 rings (SSSR count). The second-order valence-electron chi connectivity index (χ2n) is 6.41. The third-order valence-electron chi connectivity index (χ3n) is 4.76. The predicted octanol–water partition coefficient (Wildman–Crippen LogP) is 1.56. The van der Waals surface area contributed by atoms with E-state index in [2.05, 4.69) is 15.2 Å². The van der Waals surface area contributed by atoms with Crippen molar-refractivity contribution in [3.05, 3.63) is 73.4 Å². The van der Waals surface area contributed by atoms with Gasteiger partial charge in [-0.25, -0.2) is 18.9 Å². The molecule has 3 aromatic rings. The van der Waals surface area contributed by atoms with Crippen molar-refractivity contribution in [3.63, 3.8) is 0 Å². The van der Waals surface area contributed by atoms with E-state index >= 15 is 0 Å². The van der Waals surface area contributed by atoms with Crippen LogP contribution in [0.15, 0.2) is 34.0 Å². The van der Waals surface area contributed by atoms with E-state index in [0.29, 0.717) is 6.42 Å². The van der Waals surface area contributed by atoms with Crippen molar-refractivity contribution in [1.29, 1.82) is 0 Å². The number of nitrogens with zero attached hydrogens (tertiary/aromatic N) is 2. The number of hydrogen-bond acceptors (Lipinski definition) is 4. The van der Waals surface area contributed by atoms with Crippen LogP contribution in [0.5, 0.6) is 5.88 Å². The molecule has 0 atom stereocenters. The van der Waals surface area contributed by atoms with Crippen LogP contribution in [-0.4, -0.2) is 24.9 Å². The van der Waals surface area contributed by atoms with Gasteiger partial charge in [0, 0.05) is 12.0 Å². The molecule has 1 aromatic carbocycles. The fourth-order valence-electron chi connectivity index (χ4n) is 3.50. The van der Waals surface area contributed by atoms with E-state index in [0.717, 1.165) is 58.8 Å². The number of hydrogen-bond donors (Lipinski definition) is 3. The molecule has 0 spiro atoms. The van der Waals surface area contributed by atoms with Crippen LogP contribution in [-0.2, 0) is 19.3 Å². The molecule has 0 saturated heterocycles. The summed E-state index contributed by atoms with van der Waals surface area (Å²) in [4.78, 5) is 26.1. The predicted molar refractivity (Wildman–Crippen MR) is 92.3 cm³/mol. The van der Waals surface area contributed by atoms with Crippen LogP contribution >= 0.6 is 0 Å². The Morgan fingerprint density at radius 3 is 2.69 bits per heavy atom. The minimum Gasteiger partial charge on any atom is -0.493 e. The molecule has 0 amide bonds. The van der Waals surface area contributed by atoms with Crippen LogP contribution in [0.3, 0.4) is 0 Å². The lowest BCUT2D eigenvalue weighted by molar-refractivity contribution is 0.438. The summed E-state index contributed by atoms with van der Waals surface area (Å²) in [6.07, 6.45) is 5.03. The molecule has 0 unspecified atom stereocenters. The Hall–Kier alpha value is -3.16. The quantitative estimate of drug-likeness (QED) is 0.662. The van der Waals surface area contributed by atoms with Gasteiger partial charge in [0.05, 0.1) is 17.6 Å². The van der Waals surface area contributed by atoms with E-state index in [4.69, 9.17) is 0 Å². The molecule has 0 bridgehead atoms. The summed E-state index contributed by atoms with van der Waals surface area (Å²) in [5.74, 6) is -0.993. The fraction of sp³-hybridized carbons (Fsp3) is 0.278. The number of imidazole rings is 1. The first-order valence-electron chi connectivity index (χ1n) is 8.42. The molecule has 7 nitrogen and oxygen atoms in total. The molecular weight excluding hydrogens is 339 g/mol. The number of benzene rings is 1. The zero-order chi connectivity index (χ0) is 18.3. The summed E-state index contributed by atoms with van der Waals surface area (Å²) in [5.41, 5.74) is 2.41. The monoisotopic (exact) mass is 356 g/mol. The standard InChI is InChI=1S/C18H17FN4O3/c19-13-6-5-10(8-15(13)23-16(24)9-20-18(23)26)7-14-11-3-1-2-4-12(11)17(25)22-21-14/h5-6,8-9,24H,1-4,7H2,(H,20,26)(H,22,25). The van der Waals surface area contributed by atoms with Crippen molar-refractivity contribution in [1.82, 2.24) is 19.7 Å². The van der Waals surface area contributed by atoms with E-state index in [1.807, 2.05) is 0 Å². The van der Waals surface area contributed by atoms with Gasteiger partial charge in [-0.15, -0.1) is 0 Å². The molecule has 3 N–H and O–H groups in total. The minimum absolute atomic E-state index is 0.0375. The maximum atomic E-state index is 14.2. The molecule has 2 aromatic heterocycles. The van der Waals surface area contributed by atoms with Gasteiger partial charge in [-0.3, -0.25) is 4.79 Å². The Morgan fingerprint density at radius 1 is 1.19 bits per heavy atom. The highest BCUT2D eigenvalue weighted by Crippen LogP contribution is 2.24. The smallest absolute Gasteiger partial charge is 0.333 e. The summed E-state index contributed by atoms with van der Waals surface area (Å²) < 4.78 is 15.1. The Balaban J connectivity index is 1.76. The van der Waals surface area contributed by atoms with Gasteiger partial charge in [-0.1, -0.05) is 6.07 Å². The number of rotatable bonds is 3. The SMILES string of the molecule is O=c1[nH]nc(Cc2ccc(F)c(-n3c(O)c[nH]c3=O)c2)c2c1CCCC2. The van der Waals surface area contributed by atoms with Gasteiger partial charge < -0.3 is 10.1 Å². The first-order valence-corrected chi connectivity index (χ1v) is 8.42. The number of H-pyrrole nitrogens is 2. The lowest BCUT2D eigenvalue weighted by Gasteiger charge is -2.17. The van der Waals surface area contributed by atoms with Gasteiger partial charge in [-0.2, -0.15) is 5.10 Å². The lowest BCUT2D eigenvalue weighted by atomic mass is 9.90. The van der Waals surface area contributed by atoms with E-state index in [9.17, 15) is 19.1 Å². The Bertz CT molecular complexity index is 1100. The van der Waals surface area contributed by atoms with Crippen LogP contribution in [0.1, 0.15) is 35.2 Å². The first kappa shape index (κ1) is 16.3. The molecule has 8 heteroatoms. The topological polar surface area (TPSA) is 104 Å². The third kappa shape index (κ3) is 2.73. The zero-order valence-electron chi connectivity index (χ0n) is 13.9. The lowest BCUT2D eigenvalue weighted by Crippen LogP contribution is -2.23. The number of nitrogens with one attached hydrogen (secondary N) is 2. The molecule has 2 heterocycles. The van der Waals surface area contributed by atoms with Crippen LogP contribution in [0, 0.1) is 5.82 Å². The molecule has 0 radical (unpaired) electrons. The summed E-state index contributed by atoms with van der Waals surface area (Å²) in [6.45, 7) is 0. The van der Waals surface area contributed by atoms with Gasteiger partial charge in [0.2, 0.25) is 5.88 Å². The van der Waals surface area contributed by atoms with Gasteiger partial charge in [0.15, 0.2) is 0 Å². The summed E-state index contributed by atoms with van der Waals surface area (Å²) >= 11 is 0. The number of halogens is 1. The van der Waals surface area contributed by atoms with E-state index < -0.39 is 11.5 Å². The van der Waals surface area contributed by atoms with Crippen LogP contribution in [0.4, 0.5) is 4.39 Å². The number of aromatic hydroxyl groups is 1. The molecule has 1 aliphatic rings. The molecule has 0 aliphatic heterocycles. The highest BCUT2D eigenvalue weighted by Gasteiger charge is 2.19. The Kier molecular flexibility index (Phi) is 3.95. The third-order valence-corrected chi connectivity index (χ3v) is 4.76. The van der Waals surface area contributed by atoms with Crippen molar-refractivity contribution in [2.75, 3.05) is 0 Å². The molecule has 0 fully saturated rings. The second-order valence-corrected chi connectivity index (χ2v) is 6.41. The van der Waals surface area contributed by atoms with Gasteiger partial charge in [0.25, 0.3) is 5.56 Å². The number of fused-ring (bicyclic) bond motifs is 1. The summed E-state index contributed by atoms with van der Waals surface area (Å²) in [5, 5.41) is 16.5. The van der Waals surface area contributed by atoms with Gasteiger partial charge >= 0.3 is 5.69 Å². The Labute approximate surface area is 147 Å². The normalized spacial score (nSPS) is 13.6. The Morgan fingerprint density at radius 2 is 1.96 bits per heavy atom. The van der Waals surface area contributed by atoms with E-state index in [-0.39, 0.29) is 17.1 Å². The van der Waals surface area contributed by atoms with Crippen molar-refractivity contribution in [2.24, 2.45) is 0 Å². The highest BCUT2D eigenvalue weighted by molar-refractivity contribution is 5.42. The summed E-state index contributed by atoms with van der Waals surface area (Å²) in [7, 11) is 0. The maximum absolute atomic E-state index is 14.2.